The van der Waals surface area contributed by atoms with Crippen molar-refractivity contribution in [2.45, 2.75) is 31.8 Å². The van der Waals surface area contributed by atoms with E-state index >= 15 is 0 Å². The molecule has 2 aromatic heterocycles. The van der Waals surface area contributed by atoms with Gasteiger partial charge in [0.15, 0.2) is 0 Å². The van der Waals surface area contributed by atoms with E-state index in [2.05, 4.69) is 45.2 Å². The molecule has 0 bridgehead atoms. The van der Waals surface area contributed by atoms with E-state index in [9.17, 15) is 0 Å². The molecule has 0 fully saturated rings. The first-order valence-corrected chi connectivity index (χ1v) is 7.64. The summed E-state index contributed by atoms with van der Waals surface area (Å²) in [6.07, 6.45) is 7.74. The zero-order valence-electron chi connectivity index (χ0n) is 12.0. The van der Waals surface area contributed by atoms with Gasteiger partial charge in [-0.25, -0.2) is 4.98 Å². The first-order chi connectivity index (χ1) is 10.4. The SMILES string of the molecule is c1ccc2c(c1)CCCC2NCc1cnc2ccccn12. The zero-order valence-corrected chi connectivity index (χ0v) is 12.0. The van der Waals surface area contributed by atoms with Crippen LogP contribution in [0.3, 0.4) is 0 Å². The summed E-state index contributed by atoms with van der Waals surface area (Å²) in [6.45, 7) is 0.851. The molecule has 0 saturated heterocycles. The Morgan fingerprint density at radius 2 is 2.05 bits per heavy atom. The van der Waals surface area contributed by atoms with Crippen LogP contribution in [0.4, 0.5) is 0 Å². The van der Waals surface area contributed by atoms with E-state index in [0.29, 0.717) is 6.04 Å². The van der Waals surface area contributed by atoms with Crippen molar-refractivity contribution < 1.29 is 0 Å². The minimum atomic E-state index is 0.462. The first-order valence-electron chi connectivity index (χ1n) is 7.64. The van der Waals surface area contributed by atoms with Crippen LogP contribution in [-0.2, 0) is 13.0 Å². The van der Waals surface area contributed by atoms with Crippen molar-refractivity contribution in [1.82, 2.24) is 14.7 Å². The number of hydrogen-bond donors (Lipinski definition) is 1. The number of aromatic nitrogens is 2. The van der Waals surface area contributed by atoms with Crippen LogP contribution in [0, 0.1) is 0 Å². The molecule has 0 saturated carbocycles. The average Bonchev–Trinajstić information content (AvgIpc) is 2.96. The standard InChI is InChI=1S/C18H19N3/c1-2-8-16-14(6-1)7-5-9-17(16)19-12-15-13-20-18-10-3-4-11-21(15)18/h1-4,6,8,10-11,13,17,19H,5,7,9,12H2. The van der Waals surface area contributed by atoms with E-state index in [-0.39, 0.29) is 0 Å². The normalized spacial score (nSPS) is 17.8. The highest BCUT2D eigenvalue weighted by atomic mass is 15.0. The van der Waals surface area contributed by atoms with Gasteiger partial charge in [0.05, 0.1) is 11.9 Å². The molecule has 3 aromatic rings. The molecule has 106 valence electrons. The van der Waals surface area contributed by atoms with E-state index in [0.717, 1.165) is 12.2 Å². The molecule has 0 aliphatic heterocycles. The summed E-state index contributed by atoms with van der Waals surface area (Å²) in [5.41, 5.74) is 5.20. The predicted molar refractivity (Wildman–Crippen MR) is 84.2 cm³/mol. The zero-order chi connectivity index (χ0) is 14.1. The summed E-state index contributed by atoms with van der Waals surface area (Å²) in [6, 6.07) is 15.4. The number of rotatable bonds is 3. The number of aryl methyl sites for hydroxylation is 1. The number of nitrogens with zero attached hydrogens (tertiary/aromatic N) is 2. The maximum Gasteiger partial charge on any atom is 0.136 e. The van der Waals surface area contributed by atoms with Crippen molar-refractivity contribution in [3.63, 3.8) is 0 Å². The van der Waals surface area contributed by atoms with E-state index in [4.69, 9.17) is 0 Å². The minimum Gasteiger partial charge on any atom is -0.304 e. The van der Waals surface area contributed by atoms with Gasteiger partial charge in [0.25, 0.3) is 0 Å². The van der Waals surface area contributed by atoms with Gasteiger partial charge in [0.1, 0.15) is 5.65 Å². The summed E-state index contributed by atoms with van der Waals surface area (Å²) in [5.74, 6) is 0. The van der Waals surface area contributed by atoms with E-state index in [1.165, 1.54) is 36.1 Å². The Kier molecular flexibility index (Phi) is 3.20. The summed E-state index contributed by atoms with van der Waals surface area (Å²) >= 11 is 0. The van der Waals surface area contributed by atoms with Gasteiger partial charge in [0, 0.05) is 18.8 Å². The molecule has 21 heavy (non-hydrogen) atoms. The van der Waals surface area contributed by atoms with Crippen LogP contribution in [-0.4, -0.2) is 9.38 Å². The Bertz CT molecular complexity index is 760. The molecule has 1 unspecified atom stereocenters. The molecule has 1 N–H and O–H groups in total. The second-order valence-corrected chi connectivity index (χ2v) is 5.70. The molecular weight excluding hydrogens is 258 g/mol. The molecule has 1 aliphatic carbocycles. The van der Waals surface area contributed by atoms with E-state index < -0.39 is 0 Å². The third kappa shape index (κ3) is 2.34. The summed E-state index contributed by atoms with van der Waals surface area (Å²) < 4.78 is 2.15. The lowest BCUT2D eigenvalue weighted by Crippen LogP contribution is -2.25. The second-order valence-electron chi connectivity index (χ2n) is 5.70. The molecule has 0 amide bonds. The Balaban J connectivity index is 1.55. The molecule has 0 spiro atoms. The van der Waals surface area contributed by atoms with Crippen molar-refractivity contribution in [1.29, 1.82) is 0 Å². The molecule has 1 aliphatic rings. The van der Waals surface area contributed by atoms with Crippen molar-refractivity contribution >= 4 is 5.65 Å². The van der Waals surface area contributed by atoms with Gasteiger partial charge in [-0.3, -0.25) is 0 Å². The van der Waals surface area contributed by atoms with Gasteiger partial charge in [0.2, 0.25) is 0 Å². The van der Waals surface area contributed by atoms with Crippen molar-refractivity contribution in [2.75, 3.05) is 0 Å². The van der Waals surface area contributed by atoms with E-state index in [1.807, 2.05) is 24.4 Å². The smallest absolute Gasteiger partial charge is 0.136 e. The second kappa shape index (κ2) is 5.34. The number of hydrogen-bond acceptors (Lipinski definition) is 2. The van der Waals surface area contributed by atoms with Gasteiger partial charge in [-0.05, 0) is 42.5 Å². The highest BCUT2D eigenvalue weighted by Crippen LogP contribution is 2.29. The topological polar surface area (TPSA) is 29.3 Å². The predicted octanol–water partition coefficient (Wildman–Crippen LogP) is 3.50. The van der Waals surface area contributed by atoms with Crippen LogP contribution < -0.4 is 5.32 Å². The minimum absolute atomic E-state index is 0.462. The molecule has 1 aromatic carbocycles. The lowest BCUT2D eigenvalue weighted by atomic mass is 9.88. The van der Waals surface area contributed by atoms with Crippen LogP contribution >= 0.6 is 0 Å². The van der Waals surface area contributed by atoms with Gasteiger partial charge >= 0.3 is 0 Å². The average molecular weight is 277 g/mol. The van der Waals surface area contributed by atoms with Crippen LogP contribution in [0.2, 0.25) is 0 Å². The van der Waals surface area contributed by atoms with Crippen LogP contribution in [0.1, 0.15) is 35.7 Å². The van der Waals surface area contributed by atoms with Crippen molar-refractivity contribution in [2.24, 2.45) is 0 Å². The number of imidazole rings is 1. The first kappa shape index (κ1) is 12.6. The highest BCUT2D eigenvalue weighted by Gasteiger charge is 2.19. The molecule has 2 heterocycles. The van der Waals surface area contributed by atoms with Gasteiger partial charge in [-0.15, -0.1) is 0 Å². The fraction of sp³-hybridized carbons (Fsp3) is 0.278. The molecule has 3 nitrogen and oxygen atoms in total. The molecule has 0 radical (unpaired) electrons. The fourth-order valence-corrected chi connectivity index (χ4v) is 3.31. The third-order valence-electron chi connectivity index (χ3n) is 4.39. The molecular formula is C18H19N3. The third-order valence-corrected chi connectivity index (χ3v) is 4.39. The molecule has 4 rings (SSSR count). The maximum atomic E-state index is 4.45. The molecule has 1 atom stereocenters. The Morgan fingerprint density at radius 3 is 3.05 bits per heavy atom. The maximum absolute atomic E-state index is 4.45. The van der Waals surface area contributed by atoms with Crippen LogP contribution in [0.15, 0.2) is 54.9 Å². The highest BCUT2D eigenvalue weighted by molar-refractivity contribution is 5.40. The Labute approximate surface area is 124 Å². The monoisotopic (exact) mass is 277 g/mol. The fourth-order valence-electron chi connectivity index (χ4n) is 3.31. The lowest BCUT2D eigenvalue weighted by Gasteiger charge is -2.26. The summed E-state index contributed by atoms with van der Waals surface area (Å²) in [5, 5.41) is 3.71. The Morgan fingerprint density at radius 1 is 1.14 bits per heavy atom. The number of benzene rings is 1. The number of fused-ring (bicyclic) bond motifs is 2. The van der Waals surface area contributed by atoms with Crippen LogP contribution in [0.25, 0.3) is 5.65 Å². The van der Waals surface area contributed by atoms with Gasteiger partial charge in [-0.2, -0.15) is 0 Å². The lowest BCUT2D eigenvalue weighted by molar-refractivity contribution is 0.455. The summed E-state index contributed by atoms with van der Waals surface area (Å²) in [7, 11) is 0. The van der Waals surface area contributed by atoms with Gasteiger partial charge in [-0.1, -0.05) is 30.3 Å². The van der Waals surface area contributed by atoms with Crippen molar-refractivity contribution in [3.8, 4) is 0 Å². The molecule has 3 heteroatoms. The Hall–Kier alpha value is -2.13. The number of pyridine rings is 1. The largest absolute Gasteiger partial charge is 0.304 e. The van der Waals surface area contributed by atoms with Gasteiger partial charge < -0.3 is 9.72 Å². The van der Waals surface area contributed by atoms with Crippen molar-refractivity contribution in [3.05, 3.63) is 71.7 Å². The summed E-state index contributed by atoms with van der Waals surface area (Å²) in [4.78, 5) is 4.45. The van der Waals surface area contributed by atoms with E-state index in [1.54, 1.807) is 0 Å². The number of nitrogens with one attached hydrogen (secondary N) is 1. The van der Waals surface area contributed by atoms with Crippen LogP contribution in [0.5, 0.6) is 0 Å². The quantitative estimate of drug-likeness (QED) is 0.794.